The van der Waals surface area contributed by atoms with Crippen LogP contribution in [0, 0.1) is 0 Å². The zero-order valence-electron chi connectivity index (χ0n) is 13.5. The molecule has 1 heterocycles. The maximum atomic E-state index is 10.4. The molecule has 3 N–H and O–H groups in total. The van der Waals surface area contributed by atoms with Crippen LogP contribution in [0.4, 0.5) is 0 Å². The summed E-state index contributed by atoms with van der Waals surface area (Å²) in [6.45, 7) is 3.76. The van der Waals surface area contributed by atoms with Crippen molar-refractivity contribution in [3.8, 4) is 0 Å². The minimum absolute atomic E-state index is 0. The lowest BCUT2D eigenvalue weighted by molar-refractivity contribution is 0.0522. The highest BCUT2D eigenvalue weighted by atomic mass is 127. The van der Waals surface area contributed by atoms with Gasteiger partial charge in [0.25, 0.3) is 0 Å². The van der Waals surface area contributed by atoms with Gasteiger partial charge in [0.05, 0.1) is 17.2 Å². The number of nitrogens with one attached hydrogen (secondary N) is 2. The SMILES string of the molecule is CCNC(=NCc1cc(Cl)c(Cl)n1C)NCC1(O)CCCC1.I. The van der Waals surface area contributed by atoms with Crippen molar-refractivity contribution in [1.29, 1.82) is 0 Å². The second kappa shape index (κ2) is 9.34. The van der Waals surface area contributed by atoms with Gasteiger partial charge in [-0.05, 0) is 25.8 Å². The zero-order valence-corrected chi connectivity index (χ0v) is 17.4. The third kappa shape index (κ3) is 5.69. The molecule has 1 saturated carbocycles. The van der Waals surface area contributed by atoms with E-state index in [1.54, 1.807) is 0 Å². The minimum Gasteiger partial charge on any atom is -0.388 e. The zero-order chi connectivity index (χ0) is 16.2. The fraction of sp³-hybridized carbons (Fsp3) is 0.667. The molecule has 5 nitrogen and oxygen atoms in total. The van der Waals surface area contributed by atoms with E-state index < -0.39 is 5.60 Å². The normalized spacial score (nSPS) is 17.0. The van der Waals surface area contributed by atoms with Crippen LogP contribution in [0.3, 0.4) is 0 Å². The Morgan fingerprint density at radius 1 is 1.35 bits per heavy atom. The number of rotatable bonds is 5. The topological polar surface area (TPSA) is 61.6 Å². The number of guanidine groups is 1. The van der Waals surface area contributed by atoms with Crippen LogP contribution in [0.2, 0.25) is 10.2 Å². The molecule has 1 aliphatic carbocycles. The van der Waals surface area contributed by atoms with Gasteiger partial charge < -0.3 is 20.3 Å². The first kappa shape index (κ1) is 20.9. The molecule has 0 unspecified atom stereocenters. The highest BCUT2D eigenvalue weighted by Crippen LogP contribution is 2.28. The summed E-state index contributed by atoms with van der Waals surface area (Å²) >= 11 is 12.1. The highest BCUT2D eigenvalue weighted by molar-refractivity contribution is 14.0. The summed E-state index contributed by atoms with van der Waals surface area (Å²) in [7, 11) is 1.86. The summed E-state index contributed by atoms with van der Waals surface area (Å²) in [4.78, 5) is 4.54. The molecule has 0 radical (unpaired) electrons. The molecule has 1 aliphatic rings. The largest absolute Gasteiger partial charge is 0.388 e. The van der Waals surface area contributed by atoms with E-state index in [1.165, 1.54) is 0 Å². The van der Waals surface area contributed by atoms with Crippen molar-refractivity contribution in [2.24, 2.45) is 12.0 Å². The molecule has 1 aromatic rings. The summed E-state index contributed by atoms with van der Waals surface area (Å²) in [5, 5.41) is 17.9. The lowest BCUT2D eigenvalue weighted by atomic mass is 10.0. The van der Waals surface area contributed by atoms with Crippen LogP contribution in [0.5, 0.6) is 0 Å². The second-order valence-corrected chi connectivity index (χ2v) is 6.58. The third-order valence-corrected chi connectivity index (χ3v) is 4.92. The maximum Gasteiger partial charge on any atom is 0.191 e. The van der Waals surface area contributed by atoms with Gasteiger partial charge in [0.2, 0.25) is 0 Å². The second-order valence-electron chi connectivity index (χ2n) is 5.81. The molecule has 0 atom stereocenters. The number of hydrogen-bond acceptors (Lipinski definition) is 2. The molecule has 8 heteroatoms. The van der Waals surface area contributed by atoms with E-state index in [0.29, 0.717) is 29.2 Å². The molecule has 2 rings (SSSR count). The highest BCUT2D eigenvalue weighted by Gasteiger charge is 2.30. The van der Waals surface area contributed by atoms with Gasteiger partial charge in [0.1, 0.15) is 5.15 Å². The molecular formula is C15H25Cl2IN4O. The molecule has 1 aromatic heterocycles. The van der Waals surface area contributed by atoms with E-state index in [2.05, 4.69) is 15.6 Å². The molecule has 0 aliphatic heterocycles. The van der Waals surface area contributed by atoms with Gasteiger partial charge in [-0.3, -0.25) is 0 Å². The van der Waals surface area contributed by atoms with Gasteiger partial charge in [-0.2, -0.15) is 0 Å². The number of aliphatic imine (C=N–C) groups is 1. The monoisotopic (exact) mass is 474 g/mol. The van der Waals surface area contributed by atoms with Gasteiger partial charge in [0.15, 0.2) is 5.96 Å². The van der Waals surface area contributed by atoms with E-state index in [9.17, 15) is 5.11 Å². The van der Waals surface area contributed by atoms with Gasteiger partial charge in [-0.15, -0.1) is 24.0 Å². The summed E-state index contributed by atoms with van der Waals surface area (Å²) in [6, 6.07) is 1.82. The first-order valence-electron chi connectivity index (χ1n) is 7.69. The predicted octanol–water partition coefficient (Wildman–Crippen LogP) is 3.31. The summed E-state index contributed by atoms with van der Waals surface area (Å²) in [5.41, 5.74) is 0.333. The van der Waals surface area contributed by atoms with Crippen molar-refractivity contribution >= 4 is 53.1 Å². The first-order chi connectivity index (χ1) is 10.4. The quantitative estimate of drug-likeness (QED) is 0.348. The molecular weight excluding hydrogens is 450 g/mol. The van der Waals surface area contributed by atoms with Gasteiger partial charge in [-0.1, -0.05) is 36.0 Å². The Morgan fingerprint density at radius 3 is 2.52 bits per heavy atom. The molecule has 23 heavy (non-hydrogen) atoms. The molecule has 0 aromatic carbocycles. The fourth-order valence-corrected chi connectivity index (χ4v) is 3.12. The lowest BCUT2D eigenvalue weighted by Gasteiger charge is -2.23. The maximum absolute atomic E-state index is 10.4. The van der Waals surface area contributed by atoms with E-state index in [-0.39, 0.29) is 24.0 Å². The Morgan fingerprint density at radius 2 is 2.00 bits per heavy atom. The van der Waals surface area contributed by atoms with Crippen LogP contribution in [-0.4, -0.2) is 34.3 Å². The Balaban J connectivity index is 0.00000264. The van der Waals surface area contributed by atoms with Crippen molar-refractivity contribution in [2.45, 2.75) is 44.8 Å². The van der Waals surface area contributed by atoms with Gasteiger partial charge in [-0.25, -0.2) is 4.99 Å². The molecule has 0 amide bonds. The van der Waals surface area contributed by atoms with Crippen LogP contribution in [-0.2, 0) is 13.6 Å². The molecule has 1 fully saturated rings. The average molecular weight is 475 g/mol. The number of aromatic nitrogens is 1. The predicted molar refractivity (Wildman–Crippen MR) is 107 cm³/mol. The summed E-state index contributed by atoms with van der Waals surface area (Å²) in [5.74, 6) is 0.691. The number of nitrogens with zero attached hydrogens (tertiary/aromatic N) is 2. The van der Waals surface area contributed by atoms with Crippen molar-refractivity contribution in [3.63, 3.8) is 0 Å². The Hall–Kier alpha value is -0.180. The van der Waals surface area contributed by atoms with E-state index in [4.69, 9.17) is 23.2 Å². The van der Waals surface area contributed by atoms with E-state index in [0.717, 1.165) is 37.9 Å². The van der Waals surface area contributed by atoms with Gasteiger partial charge in [0, 0.05) is 25.8 Å². The summed E-state index contributed by atoms with van der Waals surface area (Å²) < 4.78 is 1.82. The molecule has 132 valence electrons. The Bertz CT molecular complexity index is 542. The van der Waals surface area contributed by atoms with Crippen molar-refractivity contribution < 1.29 is 5.11 Å². The fourth-order valence-electron chi connectivity index (χ4n) is 2.70. The van der Waals surface area contributed by atoms with Crippen molar-refractivity contribution in [1.82, 2.24) is 15.2 Å². The molecule has 0 bridgehead atoms. The minimum atomic E-state index is -0.603. The Labute approximate surface area is 164 Å². The van der Waals surface area contributed by atoms with Crippen LogP contribution >= 0.6 is 47.2 Å². The average Bonchev–Trinajstić information content (AvgIpc) is 3.02. The van der Waals surface area contributed by atoms with E-state index >= 15 is 0 Å². The molecule has 0 saturated heterocycles. The van der Waals surface area contributed by atoms with Crippen LogP contribution in [0.15, 0.2) is 11.1 Å². The number of hydrogen-bond donors (Lipinski definition) is 3. The first-order valence-corrected chi connectivity index (χ1v) is 8.45. The van der Waals surface area contributed by atoms with Crippen molar-refractivity contribution in [3.05, 3.63) is 21.9 Å². The number of halogens is 3. The van der Waals surface area contributed by atoms with Gasteiger partial charge >= 0.3 is 0 Å². The lowest BCUT2D eigenvalue weighted by Crippen LogP contribution is -2.46. The number of aliphatic hydroxyl groups is 1. The van der Waals surface area contributed by atoms with Crippen LogP contribution < -0.4 is 10.6 Å². The Kier molecular flexibility index (Phi) is 8.47. The summed E-state index contributed by atoms with van der Waals surface area (Å²) in [6.07, 6.45) is 3.88. The van der Waals surface area contributed by atoms with E-state index in [1.807, 2.05) is 24.6 Å². The standard InChI is InChI=1S/C15H24Cl2N4O.HI/c1-3-18-14(20-10-15(22)6-4-5-7-15)19-9-11-8-12(16)13(17)21(11)2;/h8,22H,3-7,9-10H2,1-2H3,(H2,18,19,20);1H. The van der Waals surface area contributed by atoms with Crippen LogP contribution in [0.1, 0.15) is 38.3 Å². The van der Waals surface area contributed by atoms with Crippen molar-refractivity contribution in [2.75, 3.05) is 13.1 Å². The smallest absolute Gasteiger partial charge is 0.191 e. The third-order valence-electron chi connectivity index (χ3n) is 4.08. The molecule has 0 spiro atoms. The van der Waals surface area contributed by atoms with Crippen LogP contribution in [0.25, 0.3) is 0 Å².